The first-order chi connectivity index (χ1) is 9.76. The second-order valence-electron chi connectivity index (χ2n) is 4.19. The monoisotopic (exact) mass is 267 g/mol. The number of rotatable bonds is 5. The minimum absolute atomic E-state index is 0.230. The molecule has 6 heteroatoms. The first-order valence-electron chi connectivity index (χ1n) is 6.30. The number of anilines is 1. The van der Waals surface area contributed by atoms with E-state index in [4.69, 9.17) is 14.9 Å². The summed E-state index contributed by atoms with van der Waals surface area (Å²) >= 11 is 0. The van der Waals surface area contributed by atoms with Gasteiger partial charge in [0.25, 0.3) is 0 Å². The van der Waals surface area contributed by atoms with Crippen LogP contribution in [0, 0.1) is 22.7 Å². The standard InChI is InChI=1S/C14H13N5O/c1-2-3-4-14-17-12-6-5-10(7-13(12)20-14)18-19-11(8-15)9-16/h5-7,18H,2-4H2,1H3. The van der Waals surface area contributed by atoms with E-state index in [1.807, 2.05) is 6.07 Å². The Morgan fingerprint density at radius 2 is 2.20 bits per heavy atom. The van der Waals surface area contributed by atoms with Gasteiger partial charge in [0.05, 0.1) is 5.69 Å². The Bertz CT molecular complexity index is 701. The van der Waals surface area contributed by atoms with E-state index in [1.54, 1.807) is 24.3 Å². The summed E-state index contributed by atoms with van der Waals surface area (Å²) < 4.78 is 5.64. The number of nitrogens with one attached hydrogen (secondary N) is 1. The third-order valence-corrected chi connectivity index (χ3v) is 2.69. The third-order valence-electron chi connectivity index (χ3n) is 2.69. The minimum Gasteiger partial charge on any atom is -0.441 e. The van der Waals surface area contributed by atoms with E-state index >= 15 is 0 Å². The number of benzene rings is 1. The van der Waals surface area contributed by atoms with Gasteiger partial charge >= 0.3 is 0 Å². The molecule has 0 spiro atoms. The van der Waals surface area contributed by atoms with Gasteiger partial charge in [-0.25, -0.2) is 4.98 Å². The summed E-state index contributed by atoms with van der Waals surface area (Å²) in [4.78, 5) is 4.38. The normalized spacial score (nSPS) is 9.75. The number of nitrogens with zero attached hydrogens (tertiary/aromatic N) is 4. The van der Waals surface area contributed by atoms with Crippen molar-refractivity contribution in [2.45, 2.75) is 26.2 Å². The molecule has 1 aromatic heterocycles. The lowest BCUT2D eigenvalue weighted by Gasteiger charge is -1.97. The molecule has 100 valence electrons. The first-order valence-corrected chi connectivity index (χ1v) is 6.30. The van der Waals surface area contributed by atoms with Crippen molar-refractivity contribution in [2.24, 2.45) is 5.10 Å². The molecule has 0 fully saturated rings. The Morgan fingerprint density at radius 3 is 2.90 bits per heavy atom. The fourth-order valence-electron chi connectivity index (χ4n) is 1.67. The zero-order valence-electron chi connectivity index (χ0n) is 11.1. The Labute approximate surface area is 116 Å². The summed E-state index contributed by atoms with van der Waals surface area (Å²) in [5.41, 5.74) is 4.50. The van der Waals surface area contributed by atoms with Gasteiger partial charge in [0, 0.05) is 12.5 Å². The van der Waals surface area contributed by atoms with Gasteiger partial charge in [-0.05, 0) is 18.6 Å². The van der Waals surface area contributed by atoms with Crippen LogP contribution in [0.15, 0.2) is 27.7 Å². The number of aryl methyl sites for hydroxylation is 1. The molecule has 0 saturated heterocycles. The summed E-state index contributed by atoms with van der Waals surface area (Å²) in [6, 6.07) is 8.68. The van der Waals surface area contributed by atoms with Crippen molar-refractivity contribution in [3.8, 4) is 12.1 Å². The summed E-state index contributed by atoms with van der Waals surface area (Å²) in [5.74, 6) is 0.720. The number of oxazole rings is 1. The Hall–Kier alpha value is -2.86. The predicted molar refractivity (Wildman–Crippen MR) is 74.9 cm³/mol. The summed E-state index contributed by atoms with van der Waals surface area (Å²) in [6.45, 7) is 2.12. The van der Waals surface area contributed by atoms with E-state index in [0.717, 1.165) is 30.7 Å². The van der Waals surface area contributed by atoms with Gasteiger partial charge in [0.2, 0.25) is 5.71 Å². The van der Waals surface area contributed by atoms with Crippen molar-refractivity contribution < 1.29 is 4.42 Å². The lowest BCUT2D eigenvalue weighted by atomic mass is 10.2. The maximum atomic E-state index is 8.59. The van der Waals surface area contributed by atoms with Crippen LogP contribution < -0.4 is 5.43 Å². The van der Waals surface area contributed by atoms with Crippen LogP contribution in [0.4, 0.5) is 5.69 Å². The number of fused-ring (bicyclic) bond motifs is 1. The highest BCUT2D eigenvalue weighted by molar-refractivity contribution is 6.10. The van der Waals surface area contributed by atoms with Crippen molar-refractivity contribution >= 4 is 22.5 Å². The van der Waals surface area contributed by atoms with Crippen LogP contribution in [0.2, 0.25) is 0 Å². The van der Waals surface area contributed by atoms with E-state index in [1.165, 1.54) is 0 Å². The maximum absolute atomic E-state index is 8.59. The molecule has 0 aliphatic carbocycles. The summed E-state index contributed by atoms with van der Waals surface area (Å²) in [5, 5.41) is 20.9. The van der Waals surface area contributed by atoms with Crippen LogP contribution in [0.1, 0.15) is 25.7 Å². The van der Waals surface area contributed by atoms with Gasteiger partial charge in [0.1, 0.15) is 17.7 Å². The van der Waals surface area contributed by atoms with Crippen LogP contribution in [0.3, 0.4) is 0 Å². The van der Waals surface area contributed by atoms with E-state index in [-0.39, 0.29) is 5.71 Å². The molecule has 0 unspecified atom stereocenters. The molecule has 0 bridgehead atoms. The highest BCUT2D eigenvalue weighted by Crippen LogP contribution is 2.21. The van der Waals surface area contributed by atoms with Gasteiger partial charge in [-0.15, -0.1) is 0 Å². The molecule has 2 rings (SSSR count). The second-order valence-corrected chi connectivity index (χ2v) is 4.19. The first kappa shape index (κ1) is 13.6. The average molecular weight is 267 g/mol. The average Bonchev–Trinajstić information content (AvgIpc) is 2.88. The Kier molecular flexibility index (Phi) is 4.31. The maximum Gasteiger partial charge on any atom is 0.237 e. The molecule has 0 aliphatic heterocycles. The fourth-order valence-corrected chi connectivity index (χ4v) is 1.67. The van der Waals surface area contributed by atoms with Crippen molar-refractivity contribution in [3.05, 3.63) is 24.1 Å². The van der Waals surface area contributed by atoms with Crippen LogP contribution in [0.25, 0.3) is 11.1 Å². The zero-order chi connectivity index (χ0) is 14.4. The highest BCUT2D eigenvalue weighted by atomic mass is 16.3. The molecule has 1 N–H and O–H groups in total. The molecule has 1 heterocycles. The zero-order valence-corrected chi connectivity index (χ0v) is 11.1. The van der Waals surface area contributed by atoms with Crippen molar-refractivity contribution in [3.63, 3.8) is 0 Å². The second kappa shape index (κ2) is 6.35. The molecular weight excluding hydrogens is 254 g/mol. The van der Waals surface area contributed by atoms with E-state index in [0.29, 0.717) is 11.3 Å². The van der Waals surface area contributed by atoms with E-state index < -0.39 is 0 Å². The number of hydrogen-bond donors (Lipinski definition) is 1. The van der Waals surface area contributed by atoms with Crippen molar-refractivity contribution in [2.75, 3.05) is 5.43 Å². The number of nitriles is 2. The fraction of sp³-hybridized carbons (Fsp3) is 0.286. The molecule has 1 aromatic carbocycles. The van der Waals surface area contributed by atoms with Crippen molar-refractivity contribution in [1.29, 1.82) is 10.5 Å². The molecule has 6 nitrogen and oxygen atoms in total. The van der Waals surface area contributed by atoms with Crippen LogP contribution in [0.5, 0.6) is 0 Å². The van der Waals surface area contributed by atoms with Gasteiger partial charge in [-0.1, -0.05) is 13.3 Å². The Morgan fingerprint density at radius 1 is 1.40 bits per heavy atom. The Balaban J connectivity index is 2.19. The molecule has 0 radical (unpaired) electrons. The number of hydrogen-bond acceptors (Lipinski definition) is 6. The van der Waals surface area contributed by atoms with Crippen LogP contribution in [-0.4, -0.2) is 10.7 Å². The molecule has 0 saturated carbocycles. The molecule has 0 atom stereocenters. The van der Waals surface area contributed by atoms with Crippen LogP contribution in [-0.2, 0) is 6.42 Å². The molecule has 20 heavy (non-hydrogen) atoms. The minimum atomic E-state index is -0.230. The van der Waals surface area contributed by atoms with Gasteiger partial charge in [-0.2, -0.15) is 15.6 Å². The highest BCUT2D eigenvalue weighted by Gasteiger charge is 2.06. The van der Waals surface area contributed by atoms with Gasteiger partial charge in [-0.3, -0.25) is 5.43 Å². The lowest BCUT2D eigenvalue weighted by Crippen LogP contribution is -1.95. The number of unbranched alkanes of at least 4 members (excludes halogenated alkanes) is 1. The molecule has 0 amide bonds. The molecule has 2 aromatic rings. The van der Waals surface area contributed by atoms with E-state index in [9.17, 15) is 0 Å². The van der Waals surface area contributed by atoms with Crippen LogP contribution >= 0.6 is 0 Å². The third kappa shape index (κ3) is 3.12. The quantitative estimate of drug-likeness (QED) is 0.663. The van der Waals surface area contributed by atoms with Crippen molar-refractivity contribution in [1.82, 2.24) is 4.98 Å². The molecule has 0 aliphatic rings. The SMILES string of the molecule is CCCCc1nc2ccc(NN=C(C#N)C#N)cc2o1. The predicted octanol–water partition coefficient (Wildman–Crippen LogP) is 2.99. The number of hydrazone groups is 1. The largest absolute Gasteiger partial charge is 0.441 e. The van der Waals surface area contributed by atoms with Gasteiger partial charge < -0.3 is 4.42 Å². The van der Waals surface area contributed by atoms with E-state index in [2.05, 4.69) is 22.4 Å². The summed E-state index contributed by atoms with van der Waals surface area (Å²) in [6.07, 6.45) is 2.94. The number of aromatic nitrogens is 1. The molecular formula is C14H13N5O. The van der Waals surface area contributed by atoms with Gasteiger partial charge in [0.15, 0.2) is 11.5 Å². The topological polar surface area (TPSA) is 98.0 Å². The lowest BCUT2D eigenvalue weighted by molar-refractivity contribution is 0.518. The summed E-state index contributed by atoms with van der Waals surface area (Å²) in [7, 11) is 0. The smallest absolute Gasteiger partial charge is 0.237 e.